The maximum Gasteiger partial charge on any atom is 0.419 e. The number of pyridine rings is 2. The summed E-state index contributed by atoms with van der Waals surface area (Å²) in [7, 11) is 0. The van der Waals surface area contributed by atoms with Crippen LogP contribution in [0.3, 0.4) is 0 Å². The van der Waals surface area contributed by atoms with Gasteiger partial charge < -0.3 is 21.3 Å². The second kappa shape index (κ2) is 8.74. The van der Waals surface area contributed by atoms with Crippen LogP contribution >= 0.6 is 0 Å². The van der Waals surface area contributed by atoms with Crippen LogP contribution in [0.15, 0.2) is 66.5 Å². The van der Waals surface area contributed by atoms with Crippen LogP contribution < -0.4 is 21.3 Å². The van der Waals surface area contributed by atoms with E-state index < -0.39 is 11.7 Å². The van der Waals surface area contributed by atoms with Crippen LogP contribution in [-0.2, 0) is 6.18 Å². The van der Waals surface area contributed by atoms with Gasteiger partial charge in [0.2, 0.25) is 0 Å². The monoisotopic (exact) mass is 452 g/mol. The average molecular weight is 452 g/mol. The van der Waals surface area contributed by atoms with Gasteiger partial charge in [0, 0.05) is 48.8 Å². The Bertz CT molecular complexity index is 1180. The summed E-state index contributed by atoms with van der Waals surface area (Å²) in [5, 5.41) is 12.7. The highest BCUT2D eigenvalue weighted by Gasteiger charge is 2.34. The summed E-state index contributed by atoms with van der Waals surface area (Å²) in [6, 6.07) is 12.3. The van der Waals surface area contributed by atoms with E-state index in [-0.39, 0.29) is 5.69 Å². The molecule has 2 aliphatic rings. The summed E-state index contributed by atoms with van der Waals surface area (Å²) in [5.74, 6) is 0.928. The molecule has 0 fully saturated rings. The Morgan fingerprint density at radius 3 is 2.67 bits per heavy atom. The van der Waals surface area contributed by atoms with Crippen molar-refractivity contribution in [2.45, 2.75) is 18.5 Å². The Morgan fingerprint density at radius 2 is 1.91 bits per heavy atom. The Balaban J connectivity index is 1.43. The molecule has 170 valence electrons. The fourth-order valence-electron chi connectivity index (χ4n) is 4.27. The number of fused-ring (bicyclic) bond motifs is 1. The van der Waals surface area contributed by atoms with Crippen LogP contribution in [0, 0.1) is 0 Å². The van der Waals surface area contributed by atoms with Crippen molar-refractivity contribution >= 4 is 28.7 Å². The van der Waals surface area contributed by atoms with Gasteiger partial charge in [-0.15, -0.1) is 0 Å². The summed E-state index contributed by atoms with van der Waals surface area (Å²) >= 11 is 0. The van der Waals surface area contributed by atoms with Crippen molar-refractivity contribution in [3.8, 4) is 0 Å². The smallest absolute Gasteiger partial charge is 0.384 e. The second-order valence-electron chi connectivity index (χ2n) is 8.05. The highest BCUT2D eigenvalue weighted by Crippen LogP contribution is 2.40. The number of halogens is 3. The highest BCUT2D eigenvalue weighted by molar-refractivity contribution is 5.71. The third-order valence-corrected chi connectivity index (χ3v) is 5.88. The van der Waals surface area contributed by atoms with Gasteiger partial charge in [0.05, 0.1) is 11.3 Å². The maximum atomic E-state index is 13.5. The number of nitrogens with one attached hydrogen (secondary N) is 4. The lowest BCUT2D eigenvalue weighted by atomic mass is 9.89. The molecule has 0 aliphatic carbocycles. The molecule has 2 aliphatic heterocycles. The van der Waals surface area contributed by atoms with Crippen LogP contribution in [0.1, 0.15) is 23.5 Å². The average Bonchev–Trinajstić information content (AvgIpc) is 3.23. The van der Waals surface area contributed by atoms with E-state index in [1.54, 1.807) is 18.2 Å². The van der Waals surface area contributed by atoms with E-state index in [0.29, 0.717) is 17.6 Å². The molecule has 0 radical (unpaired) electrons. The number of alkyl halides is 3. The van der Waals surface area contributed by atoms with Gasteiger partial charge in [-0.1, -0.05) is 17.7 Å². The SMILES string of the molecule is FC(F)(F)c1cnc(Nc2ccc3c(c2)C(C2=CCNCC2)CN3)cc1Nc1ccccn1. The van der Waals surface area contributed by atoms with Gasteiger partial charge in [-0.05, 0) is 48.9 Å². The molecule has 0 spiro atoms. The minimum Gasteiger partial charge on any atom is -0.384 e. The summed E-state index contributed by atoms with van der Waals surface area (Å²) in [6.07, 6.45) is 1.07. The maximum absolute atomic E-state index is 13.5. The molecule has 33 heavy (non-hydrogen) atoms. The van der Waals surface area contributed by atoms with Gasteiger partial charge in [-0.25, -0.2) is 9.97 Å². The van der Waals surface area contributed by atoms with Crippen LogP contribution in [0.2, 0.25) is 0 Å². The fraction of sp³-hybridized carbons (Fsp3) is 0.250. The van der Waals surface area contributed by atoms with Gasteiger partial charge in [0.15, 0.2) is 0 Å². The Hall–Kier alpha value is -3.59. The molecule has 0 saturated carbocycles. The van der Waals surface area contributed by atoms with Crippen molar-refractivity contribution in [2.24, 2.45) is 0 Å². The first-order valence-electron chi connectivity index (χ1n) is 10.8. The summed E-state index contributed by atoms with van der Waals surface area (Å²) in [6.45, 7) is 2.69. The molecule has 2 aromatic heterocycles. The van der Waals surface area contributed by atoms with E-state index in [1.807, 2.05) is 18.2 Å². The van der Waals surface area contributed by atoms with Crippen molar-refractivity contribution in [1.82, 2.24) is 15.3 Å². The molecule has 4 N–H and O–H groups in total. The van der Waals surface area contributed by atoms with Crippen molar-refractivity contribution in [3.63, 3.8) is 0 Å². The minimum atomic E-state index is -4.54. The molecule has 5 rings (SSSR count). The standard InChI is InChI=1S/C24H23F3N6/c25-24(26,27)19-14-31-23(12-21(19)33-22-3-1-2-8-29-22)32-16-4-5-20-17(11-16)18(13-30-20)15-6-9-28-10-7-15/h1-6,8,11-12,14,18,28,30H,7,9-10,13H2,(H2,29,31,32,33). The largest absolute Gasteiger partial charge is 0.419 e. The topological polar surface area (TPSA) is 73.9 Å². The third-order valence-electron chi connectivity index (χ3n) is 5.88. The summed E-state index contributed by atoms with van der Waals surface area (Å²) in [4.78, 5) is 8.09. The molecule has 9 heteroatoms. The van der Waals surface area contributed by atoms with E-state index in [9.17, 15) is 13.2 Å². The Kier molecular flexibility index (Phi) is 5.63. The molecular formula is C24H23F3N6. The van der Waals surface area contributed by atoms with E-state index in [2.05, 4.69) is 37.3 Å². The zero-order valence-corrected chi connectivity index (χ0v) is 17.7. The molecule has 4 heterocycles. The Labute approximate surface area is 189 Å². The van der Waals surface area contributed by atoms with E-state index >= 15 is 0 Å². The zero-order chi connectivity index (χ0) is 22.8. The van der Waals surface area contributed by atoms with Gasteiger partial charge >= 0.3 is 6.18 Å². The van der Waals surface area contributed by atoms with E-state index in [1.165, 1.54) is 23.4 Å². The quantitative estimate of drug-likeness (QED) is 0.388. The van der Waals surface area contributed by atoms with Crippen molar-refractivity contribution in [3.05, 3.63) is 77.6 Å². The van der Waals surface area contributed by atoms with Crippen LogP contribution in [0.4, 0.5) is 41.9 Å². The number of benzene rings is 1. The second-order valence-corrected chi connectivity index (χ2v) is 8.05. The predicted molar refractivity (Wildman–Crippen MR) is 123 cm³/mol. The number of nitrogens with zero attached hydrogens (tertiary/aromatic N) is 2. The zero-order valence-electron chi connectivity index (χ0n) is 17.7. The minimum absolute atomic E-state index is 0.112. The molecule has 1 atom stereocenters. The molecule has 0 saturated heterocycles. The van der Waals surface area contributed by atoms with Crippen LogP contribution in [0.25, 0.3) is 0 Å². The first-order chi connectivity index (χ1) is 16.0. The van der Waals surface area contributed by atoms with Gasteiger partial charge in [-0.3, -0.25) is 0 Å². The van der Waals surface area contributed by atoms with Crippen LogP contribution in [-0.4, -0.2) is 29.6 Å². The number of hydrogen-bond acceptors (Lipinski definition) is 6. The lowest BCUT2D eigenvalue weighted by Gasteiger charge is -2.20. The van der Waals surface area contributed by atoms with Crippen molar-refractivity contribution in [2.75, 3.05) is 35.6 Å². The first kappa shape index (κ1) is 21.3. The third kappa shape index (κ3) is 4.63. The number of hydrogen-bond donors (Lipinski definition) is 4. The summed E-state index contributed by atoms with van der Waals surface area (Å²) in [5.41, 5.74) is 3.49. The van der Waals surface area contributed by atoms with Crippen molar-refractivity contribution < 1.29 is 13.2 Å². The molecular weight excluding hydrogens is 429 g/mol. The molecule has 3 aromatic rings. The Morgan fingerprint density at radius 1 is 1.00 bits per heavy atom. The van der Waals surface area contributed by atoms with Crippen LogP contribution in [0.5, 0.6) is 0 Å². The highest BCUT2D eigenvalue weighted by atomic mass is 19.4. The number of anilines is 5. The summed E-state index contributed by atoms with van der Waals surface area (Å²) < 4.78 is 40.6. The van der Waals surface area contributed by atoms with E-state index in [0.717, 1.165) is 43.6 Å². The van der Waals surface area contributed by atoms with Gasteiger partial charge in [0.1, 0.15) is 11.6 Å². The lowest BCUT2D eigenvalue weighted by Crippen LogP contribution is -2.23. The van der Waals surface area contributed by atoms with Crippen molar-refractivity contribution in [1.29, 1.82) is 0 Å². The predicted octanol–water partition coefficient (Wildman–Crippen LogP) is 5.41. The van der Waals surface area contributed by atoms with Gasteiger partial charge in [-0.2, -0.15) is 13.2 Å². The van der Waals surface area contributed by atoms with Gasteiger partial charge in [0.25, 0.3) is 0 Å². The normalized spacial score (nSPS) is 17.7. The molecule has 0 amide bonds. The molecule has 1 unspecified atom stereocenters. The number of aromatic nitrogens is 2. The molecule has 1 aromatic carbocycles. The first-order valence-corrected chi connectivity index (χ1v) is 10.8. The van der Waals surface area contributed by atoms with E-state index in [4.69, 9.17) is 0 Å². The lowest BCUT2D eigenvalue weighted by molar-refractivity contribution is -0.137. The number of rotatable bonds is 5. The fourth-order valence-corrected chi connectivity index (χ4v) is 4.27. The molecule has 6 nitrogen and oxygen atoms in total. The molecule has 0 bridgehead atoms.